The molecule has 30 heavy (non-hydrogen) atoms. The van der Waals surface area contributed by atoms with Crippen LogP contribution in [-0.4, -0.2) is 29.4 Å². The van der Waals surface area contributed by atoms with Crippen molar-refractivity contribution in [3.63, 3.8) is 0 Å². The summed E-state index contributed by atoms with van der Waals surface area (Å²) in [5, 5.41) is 4.05. The van der Waals surface area contributed by atoms with E-state index in [1.54, 1.807) is 6.07 Å². The number of sulfonamides is 1. The molecular formula is C22H25N3O4S. The smallest absolute Gasteiger partial charge is 0.252 e. The number of hydrogen-bond acceptors (Lipinski definition) is 6. The van der Waals surface area contributed by atoms with Gasteiger partial charge < -0.3 is 9.26 Å². The SMILES string of the molecule is Cc1ccc(C)c(S(=O)(=O)N2CCCC2c2noc(COCc3ccccc3)n2)c1. The van der Waals surface area contributed by atoms with Gasteiger partial charge in [0.15, 0.2) is 5.82 Å². The van der Waals surface area contributed by atoms with Crippen molar-refractivity contribution < 1.29 is 17.7 Å². The topological polar surface area (TPSA) is 85.5 Å². The third-order valence-corrected chi connectivity index (χ3v) is 7.30. The molecule has 8 heteroatoms. The standard InChI is InChI=1S/C22H25N3O4S/c1-16-10-11-17(2)20(13-16)30(26,27)25-12-6-9-19(25)22-23-21(29-24-22)15-28-14-18-7-4-3-5-8-18/h3-5,7-8,10-11,13,19H,6,9,12,14-15H2,1-2H3. The van der Waals surface area contributed by atoms with Crippen molar-refractivity contribution in [2.75, 3.05) is 6.54 Å². The second kappa shape index (κ2) is 8.67. The monoisotopic (exact) mass is 427 g/mol. The van der Waals surface area contributed by atoms with Gasteiger partial charge in [0.05, 0.1) is 17.5 Å². The van der Waals surface area contributed by atoms with Gasteiger partial charge in [-0.05, 0) is 49.4 Å². The van der Waals surface area contributed by atoms with Gasteiger partial charge in [-0.2, -0.15) is 9.29 Å². The van der Waals surface area contributed by atoms with Crippen LogP contribution in [0.1, 0.15) is 47.3 Å². The lowest BCUT2D eigenvalue weighted by molar-refractivity contribution is 0.0850. The zero-order valence-electron chi connectivity index (χ0n) is 17.1. The van der Waals surface area contributed by atoms with E-state index in [-0.39, 0.29) is 6.61 Å². The largest absolute Gasteiger partial charge is 0.367 e. The summed E-state index contributed by atoms with van der Waals surface area (Å²) < 4.78 is 39.1. The quantitative estimate of drug-likeness (QED) is 0.568. The predicted octanol–water partition coefficient (Wildman–Crippen LogP) is 3.93. The van der Waals surface area contributed by atoms with E-state index in [0.717, 1.165) is 23.1 Å². The highest BCUT2D eigenvalue weighted by Gasteiger charge is 2.39. The second-order valence-corrected chi connectivity index (χ2v) is 9.43. The van der Waals surface area contributed by atoms with Gasteiger partial charge in [0, 0.05) is 6.54 Å². The van der Waals surface area contributed by atoms with Crippen LogP contribution in [0.3, 0.4) is 0 Å². The van der Waals surface area contributed by atoms with Crippen LogP contribution in [0.25, 0.3) is 0 Å². The third kappa shape index (κ3) is 4.30. The zero-order chi connectivity index (χ0) is 21.1. The average Bonchev–Trinajstić information content (AvgIpc) is 3.40. The first-order chi connectivity index (χ1) is 14.4. The van der Waals surface area contributed by atoms with Crippen molar-refractivity contribution in [3.05, 3.63) is 76.9 Å². The summed E-state index contributed by atoms with van der Waals surface area (Å²) >= 11 is 0. The fourth-order valence-corrected chi connectivity index (χ4v) is 5.66. The predicted molar refractivity (Wildman–Crippen MR) is 111 cm³/mol. The Morgan fingerprint density at radius 2 is 1.93 bits per heavy atom. The number of ether oxygens (including phenoxy) is 1. The van der Waals surface area contributed by atoms with E-state index >= 15 is 0 Å². The van der Waals surface area contributed by atoms with Crippen LogP contribution in [0.15, 0.2) is 57.9 Å². The molecule has 4 rings (SSSR count). The van der Waals surface area contributed by atoms with E-state index in [1.807, 2.05) is 56.3 Å². The van der Waals surface area contributed by atoms with E-state index in [4.69, 9.17) is 9.26 Å². The van der Waals surface area contributed by atoms with Crippen molar-refractivity contribution in [1.29, 1.82) is 0 Å². The lowest BCUT2D eigenvalue weighted by Crippen LogP contribution is -2.31. The van der Waals surface area contributed by atoms with Crippen molar-refractivity contribution in [2.24, 2.45) is 0 Å². The van der Waals surface area contributed by atoms with Gasteiger partial charge in [-0.1, -0.05) is 47.6 Å². The molecule has 0 bridgehead atoms. The maximum Gasteiger partial charge on any atom is 0.252 e. The number of aryl methyl sites for hydroxylation is 2. The van der Waals surface area contributed by atoms with Gasteiger partial charge in [-0.3, -0.25) is 0 Å². The molecule has 2 heterocycles. The Balaban J connectivity index is 1.48. The molecule has 7 nitrogen and oxygen atoms in total. The molecule has 0 radical (unpaired) electrons. The number of rotatable bonds is 7. The van der Waals surface area contributed by atoms with Crippen molar-refractivity contribution in [3.8, 4) is 0 Å². The molecule has 1 unspecified atom stereocenters. The highest BCUT2D eigenvalue weighted by molar-refractivity contribution is 7.89. The Bertz CT molecular complexity index is 1110. The summed E-state index contributed by atoms with van der Waals surface area (Å²) in [6.07, 6.45) is 1.41. The van der Waals surface area contributed by atoms with E-state index in [2.05, 4.69) is 10.1 Å². The van der Waals surface area contributed by atoms with Gasteiger partial charge >= 0.3 is 0 Å². The normalized spacial score (nSPS) is 17.5. The molecule has 1 aliphatic heterocycles. The maximum absolute atomic E-state index is 13.3. The first-order valence-corrected chi connectivity index (χ1v) is 11.4. The zero-order valence-corrected chi connectivity index (χ0v) is 17.9. The van der Waals surface area contributed by atoms with Crippen molar-refractivity contribution >= 4 is 10.0 Å². The lowest BCUT2D eigenvalue weighted by atomic mass is 10.2. The molecule has 1 aromatic heterocycles. The molecule has 158 valence electrons. The van der Waals surface area contributed by atoms with Crippen LogP contribution >= 0.6 is 0 Å². The minimum absolute atomic E-state index is 0.179. The Kier molecular flexibility index (Phi) is 5.99. The van der Waals surface area contributed by atoms with Gasteiger partial charge in [0.1, 0.15) is 6.61 Å². The third-order valence-electron chi connectivity index (χ3n) is 5.25. The van der Waals surface area contributed by atoms with Crippen LogP contribution in [0, 0.1) is 13.8 Å². The van der Waals surface area contributed by atoms with Crippen molar-refractivity contribution in [2.45, 2.75) is 50.8 Å². The maximum atomic E-state index is 13.3. The molecule has 1 atom stereocenters. The van der Waals surface area contributed by atoms with Gasteiger partial charge in [-0.15, -0.1) is 0 Å². The minimum Gasteiger partial charge on any atom is -0.367 e. The van der Waals surface area contributed by atoms with Gasteiger partial charge in [0.25, 0.3) is 5.89 Å². The number of benzene rings is 2. The van der Waals surface area contributed by atoms with Crippen LogP contribution in [0.2, 0.25) is 0 Å². The number of nitrogens with zero attached hydrogens (tertiary/aromatic N) is 3. The van der Waals surface area contributed by atoms with E-state index < -0.39 is 16.1 Å². The molecule has 0 N–H and O–H groups in total. The average molecular weight is 428 g/mol. The molecule has 3 aromatic rings. The molecule has 1 saturated heterocycles. The Morgan fingerprint density at radius 3 is 2.73 bits per heavy atom. The second-order valence-electron chi connectivity index (χ2n) is 7.57. The number of aromatic nitrogens is 2. The lowest BCUT2D eigenvalue weighted by Gasteiger charge is -2.23. The van der Waals surface area contributed by atoms with Crippen LogP contribution in [-0.2, 0) is 28.0 Å². The Hall–Kier alpha value is -2.55. The molecule has 0 amide bonds. The van der Waals surface area contributed by atoms with Gasteiger partial charge in [0.2, 0.25) is 10.0 Å². The van der Waals surface area contributed by atoms with Crippen LogP contribution in [0.4, 0.5) is 0 Å². The summed E-state index contributed by atoms with van der Waals surface area (Å²) in [5.41, 5.74) is 2.69. The molecule has 0 saturated carbocycles. The summed E-state index contributed by atoms with van der Waals surface area (Å²) in [5.74, 6) is 0.733. The Labute approximate surface area is 176 Å². The summed E-state index contributed by atoms with van der Waals surface area (Å²) in [6.45, 7) is 4.76. The van der Waals surface area contributed by atoms with Crippen LogP contribution < -0.4 is 0 Å². The molecule has 1 aliphatic rings. The first kappa shape index (κ1) is 20.7. The summed E-state index contributed by atoms with van der Waals surface area (Å²) in [7, 11) is -3.65. The van der Waals surface area contributed by atoms with Gasteiger partial charge in [-0.25, -0.2) is 8.42 Å². The summed E-state index contributed by atoms with van der Waals surface area (Å²) in [4.78, 5) is 4.75. The van der Waals surface area contributed by atoms with E-state index in [1.165, 1.54) is 4.31 Å². The minimum atomic E-state index is -3.65. The van der Waals surface area contributed by atoms with Crippen molar-refractivity contribution in [1.82, 2.24) is 14.4 Å². The first-order valence-electron chi connectivity index (χ1n) is 9.98. The highest BCUT2D eigenvalue weighted by atomic mass is 32.2. The fourth-order valence-electron chi connectivity index (χ4n) is 3.69. The number of hydrogen-bond donors (Lipinski definition) is 0. The molecule has 1 fully saturated rings. The van der Waals surface area contributed by atoms with E-state index in [9.17, 15) is 8.42 Å². The molecule has 0 aliphatic carbocycles. The summed E-state index contributed by atoms with van der Waals surface area (Å²) in [6, 6.07) is 14.9. The fraction of sp³-hybridized carbons (Fsp3) is 0.364. The van der Waals surface area contributed by atoms with Crippen LogP contribution in [0.5, 0.6) is 0 Å². The molecule has 0 spiro atoms. The Morgan fingerprint density at radius 1 is 1.13 bits per heavy atom. The molecular weight excluding hydrogens is 402 g/mol. The van der Waals surface area contributed by atoms with E-state index in [0.29, 0.717) is 36.2 Å². The molecule has 2 aromatic carbocycles. The highest BCUT2D eigenvalue weighted by Crippen LogP contribution is 2.36.